The van der Waals surface area contributed by atoms with Crippen molar-refractivity contribution >= 4 is 40.0 Å². The van der Waals surface area contributed by atoms with Crippen LogP contribution in [-0.4, -0.2) is 65.1 Å². The minimum absolute atomic E-state index is 0.121. The minimum Gasteiger partial charge on any atom is -0.354 e. The lowest BCUT2D eigenvalue weighted by molar-refractivity contribution is 0.0951. The van der Waals surface area contributed by atoms with Crippen LogP contribution in [0.2, 0.25) is 5.02 Å². The Morgan fingerprint density at radius 3 is 2.55 bits per heavy atom. The summed E-state index contributed by atoms with van der Waals surface area (Å²) in [5, 5.41) is 3.92. The fraction of sp³-hybridized carbons (Fsp3) is 0.312. The molecule has 42 heavy (non-hydrogen) atoms. The van der Waals surface area contributed by atoms with E-state index >= 15 is 0 Å². The molecule has 5 rings (SSSR count). The van der Waals surface area contributed by atoms with Gasteiger partial charge in [0.15, 0.2) is 0 Å². The fourth-order valence-electron chi connectivity index (χ4n) is 5.22. The number of rotatable bonds is 8. The maximum Gasteiger partial charge on any atom is 0.262 e. The van der Waals surface area contributed by atoms with Crippen LogP contribution in [-0.2, 0) is 13.6 Å². The summed E-state index contributed by atoms with van der Waals surface area (Å²) in [4.78, 5) is 41.6. The molecule has 3 heterocycles. The summed E-state index contributed by atoms with van der Waals surface area (Å²) in [6.07, 6.45) is 9.17. The molecule has 4 aromatic rings. The number of nitrogens with zero attached hydrogens (tertiary/aromatic N) is 6. The van der Waals surface area contributed by atoms with Gasteiger partial charge in [-0.1, -0.05) is 23.6 Å². The second-order valence-electron chi connectivity index (χ2n) is 10.6. The summed E-state index contributed by atoms with van der Waals surface area (Å²) >= 11 is 6.83. The summed E-state index contributed by atoms with van der Waals surface area (Å²) in [5.74, 6) is 3.19. The SMILES string of the molecule is C#CCN(c1ccc(C(=O)NCc2cccnc2)cc1)C(C)c1cc2c(=O)n(C)c(N3CCN(C)CC3)nc2cc1Cl. The molecule has 1 atom stereocenters. The van der Waals surface area contributed by atoms with Crippen LogP contribution in [0.3, 0.4) is 0 Å². The number of benzene rings is 2. The molecule has 0 radical (unpaired) electrons. The number of hydrogen-bond acceptors (Lipinski definition) is 7. The number of hydrogen-bond donors (Lipinski definition) is 1. The predicted octanol–water partition coefficient (Wildman–Crippen LogP) is 3.86. The van der Waals surface area contributed by atoms with Gasteiger partial charge in [0, 0.05) is 68.4 Å². The molecule has 1 amide bonds. The summed E-state index contributed by atoms with van der Waals surface area (Å²) in [6, 6.07) is 14.4. The quantitative estimate of drug-likeness (QED) is 0.315. The number of nitrogens with one attached hydrogen (secondary N) is 1. The largest absolute Gasteiger partial charge is 0.354 e. The Balaban J connectivity index is 1.39. The molecule has 0 aliphatic carbocycles. The van der Waals surface area contributed by atoms with Crippen LogP contribution in [0.15, 0.2) is 65.7 Å². The van der Waals surface area contributed by atoms with Gasteiger partial charge in [0.2, 0.25) is 5.95 Å². The van der Waals surface area contributed by atoms with Gasteiger partial charge < -0.3 is 20.0 Å². The zero-order valence-electron chi connectivity index (χ0n) is 24.0. The number of amides is 1. The number of anilines is 2. The van der Waals surface area contributed by atoms with Gasteiger partial charge >= 0.3 is 0 Å². The van der Waals surface area contributed by atoms with E-state index in [1.165, 1.54) is 0 Å². The normalized spacial score (nSPS) is 14.4. The van der Waals surface area contributed by atoms with Crippen LogP contribution in [0.25, 0.3) is 10.9 Å². The van der Waals surface area contributed by atoms with Gasteiger partial charge in [0.1, 0.15) is 0 Å². The molecule has 0 saturated carbocycles. The first-order valence-electron chi connectivity index (χ1n) is 13.9. The van der Waals surface area contributed by atoms with Gasteiger partial charge in [-0.2, -0.15) is 0 Å². The van der Waals surface area contributed by atoms with Crippen molar-refractivity contribution in [3.63, 3.8) is 0 Å². The van der Waals surface area contributed by atoms with Crippen molar-refractivity contribution in [3.05, 3.63) is 93.0 Å². The zero-order chi connectivity index (χ0) is 29.8. The monoisotopic (exact) mass is 583 g/mol. The molecule has 216 valence electrons. The third-order valence-electron chi connectivity index (χ3n) is 7.77. The molecule has 2 aromatic heterocycles. The van der Waals surface area contributed by atoms with Gasteiger partial charge in [-0.05, 0) is 67.6 Å². The third kappa shape index (κ3) is 6.10. The Morgan fingerprint density at radius 2 is 1.88 bits per heavy atom. The number of halogens is 1. The van der Waals surface area contributed by atoms with Crippen LogP contribution in [0.5, 0.6) is 0 Å². The van der Waals surface area contributed by atoms with Crippen molar-refractivity contribution in [2.75, 3.05) is 49.6 Å². The van der Waals surface area contributed by atoms with E-state index in [1.54, 1.807) is 42.2 Å². The van der Waals surface area contributed by atoms with Crippen molar-refractivity contribution in [2.24, 2.45) is 7.05 Å². The molecule has 1 fully saturated rings. The standard InChI is InChI=1S/C32H34ClN7O2/c1-5-13-40(25-10-8-24(9-11-25)30(41)35-21-23-7-6-12-34-20-23)22(2)26-18-27-29(19-28(26)33)36-32(38(4)31(27)42)39-16-14-37(3)15-17-39/h1,6-12,18-20,22H,13-17,21H2,2-4H3,(H,35,41). The molecule has 1 saturated heterocycles. The van der Waals surface area contributed by atoms with Crippen LogP contribution >= 0.6 is 11.6 Å². The van der Waals surface area contributed by atoms with Gasteiger partial charge in [0.25, 0.3) is 11.5 Å². The molecule has 0 spiro atoms. The highest BCUT2D eigenvalue weighted by molar-refractivity contribution is 6.32. The number of carbonyl (C=O) groups is 1. The zero-order valence-corrected chi connectivity index (χ0v) is 24.8. The van der Waals surface area contributed by atoms with E-state index in [2.05, 4.69) is 33.1 Å². The van der Waals surface area contributed by atoms with Crippen LogP contribution < -0.4 is 20.7 Å². The van der Waals surface area contributed by atoms with Crippen LogP contribution in [0.1, 0.15) is 34.5 Å². The van der Waals surface area contributed by atoms with Gasteiger partial charge in [-0.25, -0.2) is 4.98 Å². The minimum atomic E-state index is -0.259. The summed E-state index contributed by atoms with van der Waals surface area (Å²) in [7, 11) is 3.85. The van der Waals surface area contributed by atoms with E-state index in [1.807, 2.05) is 42.2 Å². The molecule has 1 unspecified atom stereocenters. The predicted molar refractivity (Wildman–Crippen MR) is 168 cm³/mol. The molecule has 0 bridgehead atoms. The van der Waals surface area contributed by atoms with E-state index in [0.717, 1.165) is 43.0 Å². The van der Waals surface area contributed by atoms with Crippen LogP contribution in [0.4, 0.5) is 11.6 Å². The van der Waals surface area contributed by atoms with E-state index < -0.39 is 0 Å². The number of aromatic nitrogens is 3. The molecular weight excluding hydrogens is 550 g/mol. The first kappa shape index (κ1) is 29.1. The number of piperazine rings is 1. The third-order valence-corrected chi connectivity index (χ3v) is 8.10. The lowest BCUT2D eigenvalue weighted by Crippen LogP contribution is -2.46. The number of carbonyl (C=O) groups excluding carboxylic acids is 1. The van der Waals surface area contributed by atoms with Crippen molar-refractivity contribution in [1.29, 1.82) is 0 Å². The molecule has 9 nitrogen and oxygen atoms in total. The van der Waals surface area contributed by atoms with Crippen molar-refractivity contribution < 1.29 is 4.79 Å². The van der Waals surface area contributed by atoms with Crippen molar-refractivity contribution in [3.8, 4) is 12.3 Å². The summed E-state index contributed by atoms with van der Waals surface area (Å²) in [6.45, 7) is 6.12. The maximum absolute atomic E-state index is 13.5. The first-order valence-corrected chi connectivity index (χ1v) is 14.3. The molecular formula is C32H34ClN7O2. The van der Waals surface area contributed by atoms with Crippen molar-refractivity contribution in [1.82, 2.24) is 24.8 Å². The Labute approximate surface area is 250 Å². The van der Waals surface area contributed by atoms with Gasteiger partial charge in [-0.3, -0.25) is 19.1 Å². The molecule has 1 N–H and O–H groups in total. The number of fused-ring (bicyclic) bond motifs is 1. The average molecular weight is 584 g/mol. The topological polar surface area (TPSA) is 86.6 Å². The fourth-order valence-corrected chi connectivity index (χ4v) is 5.53. The summed E-state index contributed by atoms with van der Waals surface area (Å²) < 4.78 is 1.62. The van der Waals surface area contributed by atoms with E-state index in [-0.39, 0.29) is 17.5 Å². The lowest BCUT2D eigenvalue weighted by atomic mass is 10.0. The van der Waals surface area contributed by atoms with Gasteiger partial charge in [-0.15, -0.1) is 6.42 Å². The van der Waals surface area contributed by atoms with Crippen molar-refractivity contribution in [2.45, 2.75) is 19.5 Å². The highest BCUT2D eigenvalue weighted by Gasteiger charge is 2.23. The number of likely N-dealkylation sites (N-methyl/N-ethyl adjacent to an activating group) is 1. The Morgan fingerprint density at radius 1 is 1.14 bits per heavy atom. The highest BCUT2D eigenvalue weighted by Crippen LogP contribution is 2.33. The lowest BCUT2D eigenvalue weighted by Gasteiger charge is -2.34. The van der Waals surface area contributed by atoms with E-state index in [0.29, 0.717) is 40.5 Å². The van der Waals surface area contributed by atoms with Gasteiger partial charge in [0.05, 0.1) is 23.5 Å². The smallest absolute Gasteiger partial charge is 0.262 e. The first-order chi connectivity index (χ1) is 20.3. The Bertz CT molecular complexity index is 1670. The summed E-state index contributed by atoms with van der Waals surface area (Å²) in [5.41, 5.74) is 3.50. The molecule has 1 aliphatic rings. The Hall–Kier alpha value is -4.39. The Kier molecular flexibility index (Phi) is 8.76. The maximum atomic E-state index is 13.5. The second-order valence-corrected chi connectivity index (χ2v) is 11.0. The number of terminal acetylenes is 1. The molecule has 2 aromatic carbocycles. The highest BCUT2D eigenvalue weighted by atomic mass is 35.5. The van der Waals surface area contributed by atoms with E-state index in [4.69, 9.17) is 23.0 Å². The average Bonchev–Trinajstić information content (AvgIpc) is 3.01. The number of pyridine rings is 1. The second kappa shape index (κ2) is 12.6. The van der Waals surface area contributed by atoms with Crippen LogP contribution in [0, 0.1) is 12.3 Å². The van der Waals surface area contributed by atoms with E-state index in [9.17, 15) is 9.59 Å². The molecule has 1 aliphatic heterocycles. The molecule has 10 heteroatoms.